The number of aromatic nitrogens is 2. The van der Waals surface area contributed by atoms with Gasteiger partial charge < -0.3 is 4.57 Å². The van der Waals surface area contributed by atoms with Gasteiger partial charge in [0.1, 0.15) is 5.82 Å². The summed E-state index contributed by atoms with van der Waals surface area (Å²) in [5.74, 6) is 1.45. The summed E-state index contributed by atoms with van der Waals surface area (Å²) in [7, 11) is 1.89. The van der Waals surface area contributed by atoms with E-state index in [0.29, 0.717) is 19.0 Å². The van der Waals surface area contributed by atoms with E-state index in [1.807, 2.05) is 24.0 Å². The second-order valence-corrected chi connectivity index (χ2v) is 8.73. The van der Waals surface area contributed by atoms with E-state index in [1.54, 1.807) is 18.4 Å². The van der Waals surface area contributed by atoms with Crippen LogP contribution in [-0.2, 0) is 23.8 Å². The van der Waals surface area contributed by atoms with Crippen molar-refractivity contribution in [2.75, 3.05) is 33.7 Å². The van der Waals surface area contributed by atoms with Gasteiger partial charge in [-0.05, 0) is 18.8 Å². The molecular formula is C14H25N5O2S. The van der Waals surface area contributed by atoms with Gasteiger partial charge in [0.15, 0.2) is 0 Å². The molecule has 0 saturated carbocycles. The van der Waals surface area contributed by atoms with Crippen molar-refractivity contribution in [3.8, 4) is 0 Å². The number of piperidine rings is 1. The SMILES string of the molecule is CN(C)S(=O)(=O)N1C[C@@H]2CC[C@H](C1)N(Cc1nccn1C)C2. The molecule has 0 radical (unpaired) electrons. The van der Waals surface area contributed by atoms with Crippen LogP contribution in [-0.4, -0.2) is 71.3 Å². The Kier molecular flexibility index (Phi) is 4.28. The molecule has 3 aliphatic heterocycles. The van der Waals surface area contributed by atoms with Crippen LogP contribution < -0.4 is 0 Å². The van der Waals surface area contributed by atoms with Crippen molar-refractivity contribution in [3.05, 3.63) is 18.2 Å². The maximum atomic E-state index is 12.5. The molecule has 1 aromatic rings. The Labute approximate surface area is 132 Å². The minimum atomic E-state index is -3.32. The molecule has 0 unspecified atom stereocenters. The molecule has 8 heteroatoms. The molecule has 0 aliphatic carbocycles. The second kappa shape index (κ2) is 5.92. The first-order valence-electron chi connectivity index (χ1n) is 7.75. The number of rotatable bonds is 4. The zero-order valence-corrected chi connectivity index (χ0v) is 14.3. The molecule has 7 nitrogen and oxygen atoms in total. The van der Waals surface area contributed by atoms with Crippen LogP contribution in [0.25, 0.3) is 0 Å². The largest absolute Gasteiger partial charge is 0.337 e. The standard InChI is InChI=1S/C14H25N5O2S/c1-16(2)22(20,21)19-9-12-4-5-13(10-19)18(8-12)11-14-15-6-7-17(14)3/h6-7,12-13H,4-5,8-11H2,1-3H3/t12-,13-/m1/s1. The van der Waals surface area contributed by atoms with Crippen LogP contribution in [0.4, 0.5) is 0 Å². The molecule has 0 N–H and O–H groups in total. The molecule has 22 heavy (non-hydrogen) atoms. The Balaban J connectivity index is 1.78. The molecule has 3 fully saturated rings. The minimum absolute atomic E-state index is 0.283. The Bertz CT molecular complexity index is 627. The highest BCUT2D eigenvalue weighted by molar-refractivity contribution is 7.86. The summed E-state index contributed by atoms with van der Waals surface area (Å²) in [5.41, 5.74) is 0. The minimum Gasteiger partial charge on any atom is -0.337 e. The van der Waals surface area contributed by atoms with E-state index in [4.69, 9.17) is 0 Å². The zero-order valence-electron chi connectivity index (χ0n) is 13.5. The lowest BCUT2D eigenvalue weighted by Crippen LogP contribution is -2.46. The quantitative estimate of drug-likeness (QED) is 0.788. The van der Waals surface area contributed by atoms with Crippen molar-refractivity contribution in [1.29, 1.82) is 0 Å². The van der Waals surface area contributed by atoms with Gasteiger partial charge >= 0.3 is 0 Å². The monoisotopic (exact) mass is 327 g/mol. The van der Waals surface area contributed by atoms with Crippen LogP contribution in [0.15, 0.2) is 12.4 Å². The molecule has 0 spiro atoms. The first-order chi connectivity index (χ1) is 10.4. The maximum absolute atomic E-state index is 12.5. The molecule has 3 aliphatic rings. The fourth-order valence-corrected chi connectivity index (χ4v) is 4.70. The summed E-state index contributed by atoms with van der Waals surface area (Å²) < 4.78 is 29.9. The predicted octanol–water partition coefficient (Wildman–Crippen LogP) is 0.123. The van der Waals surface area contributed by atoms with E-state index in [-0.39, 0.29) is 6.04 Å². The average molecular weight is 327 g/mol. The summed E-state index contributed by atoms with van der Waals surface area (Å²) in [6.45, 7) is 2.97. The number of hydrogen-bond acceptors (Lipinski definition) is 4. The average Bonchev–Trinajstić information content (AvgIpc) is 2.68. The Hall–Kier alpha value is -0.960. The van der Waals surface area contributed by atoms with Gasteiger partial charge in [-0.3, -0.25) is 4.90 Å². The third-order valence-electron chi connectivity index (χ3n) is 4.85. The van der Waals surface area contributed by atoms with E-state index < -0.39 is 10.2 Å². The van der Waals surface area contributed by atoms with Crippen molar-refractivity contribution in [1.82, 2.24) is 23.1 Å². The molecule has 2 bridgehead atoms. The molecule has 124 valence electrons. The fourth-order valence-electron chi connectivity index (χ4n) is 3.48. The van der Waals surface area contributed by atoms with Gasteiger partial charge in [-0.25, -0.2) is 4.98 Å². The third kappa shape index (κ3) is 2.92. The summed E-state index contributed by atoms with van der Waals surface area (Å²) in [6, 6.07) is 0.283. The van der Waals surface area contributed by atoms with Crippen LogP contribution >= 0.6 is 0 Å². The second-order valence-electron chi connectivity index (χ2n) is 6.59. The van der Waals surface area contributed by atoms with Gasteiger partial charge in [0.25, 0.3) is 10.2 Å². The highest BCUT2D eigenvalue weighted by Crippen LogP contribution is 2.30. The molecule has 0 amide bonds. The van der Waals surface area contributed by atoms with Crippen molar-refractivity contribution >= 4 is 10.2 Å². The van der Waals surface area contributed by atoms with E-state index >= 15 is 0 Å². The van der Waals surface area contributed by atoms with Crippen molar-refractivity contribution in [2.24, 2.45) is 13.0 Å². The molecule has 1 aromatic heterocycles. The molecule has 2 atom stereocenters. The number of fused-ring (bicyclic) bond motifs is 4. The summed E-state index contributed by atoms with van der Waals surface area (Å²) in [4.78, 5) is 6.81. The highest BCUT2D eigenvalue weighted by Gasteiger charge is 2.39. The Morgan fingerprint density at radius 2 is 2.05 bits per heavy atom. The van der Waals surface area contributed by atoms with Crippen LogP contribution in [0.5, 0.6) is 0 Å². The predicted molar refractivity (Wildman–Crippen MR) is 84.3 cm³/mol. The lowest BCUT2D eigenvalue weighted by molar-refractivity contribution is 0.121. The van der Waals surface area contributed by atoms with Gasteiger partial charge in [-0.2, -0.15) is 17.0 Å². The first kappa shape index (κ1) is 15.9. The topological polar surface area (TPSA) is 61.7 Å². The van der Waals surface area contributed by atoms with Crippen molar-refractivity contribution in [2.45, 2.75) is 25.4 Å². The normalized spacial score (nSPS) is 27.5. The van der Waals surface area contributed by atoms with Crippen LogP contribution in [0.3, 0.4) is 0 Å². The van der Waals surface area contributed by atoms with E-state index in [2.05, 4.69) is 9.88 Å². The van der Waals surface area contributed by atoms with E-state index in [1.165, 1.54) is 4.31 Å². The number of hydrogen-bond donors (Lipinski definition) is 0. The highest BCUT2D eigenvalue weighted by atomic mass is 32.2. The number of nitrogens with zero attached hydrogens (tertiary/aromatic N) is 5. The van der Waals surface area contributed by atoms with Crippen molar-refractivity contribution in [3.63, 3.8) is 0 Å². The van der Waals surface area contributed by atoms with E-state index in [0.717, 1.165) is 31.8 Å². The Morgan fingerprint density at radius 1 is 1.27 bits per heavy atom. The summed E-state index contributed by atoms with van der Waals surface area (Å²) >= 11 is 0. The van der Waals surface area contributed by atoms with Crippen molar-refractivity contribution < 1.29 is 8.42 Å². The van der Waals surface area contributed by atoms with Gasteiger partial charge in [0.05, 0.1) is 6.54 Å². The Morgan fingerprint density at radius 3 is 2.68 bits per heavy atom. The van der Waals surface area contributed by atoms with Gasteiger partial charge in [-0.15, -0.1) is 0 Å². The molecule has 4 rings (SSSR count). The first-order valence-corrected chi connectivity index (χ1v) is 9.15. The molecule has 4 heterocycles. The molecular weight excluding hydrogens is 302 g/mol. The zero-order chi connectivity index (χ0) is 15.9. The van der Waals surface area contributed by atoms with Crippen LogP contribution in [0.1, 0.15) is 18.7 Å². The lowest BCUT2D eigenvalue weighted by Gasteiger charge is -2.35. The van der Waals surface area contributed by atoms with E-state index in [9.17, 15) is 8.42 Å². The smallest absolute Gasteiger partial charge is 0.281 e. The summed E-state index contributed by atoms with van der Waals surface area (Å²) in [5, 5.41) is 0. The fraction of sp³-hybridized carbons (Fsp3) is 0.786. The molecule has 0 aromatic carbocycles. The maximum Gasteiger partial charge on any atom is 0.281 e. The van der Waals surface area contributed by atoms with Gasteiger partial charge in [0, 0.05) is 59.2 Å². The third-order valence-corrected chi connectivity index (χ3v) is 6.72. The van der Waals surface area contributed by atoms with Crippen LogP contribution in [0, 0.1) is 5.92 Å². The molecule has 3 saturated heterocycles. The number of aryl methyl sites for hydroxylation is 1. The van der Waals surface area contributed by atoms with Crippen LogP contribution in [0.2, 0.25) is 0 Å². The van der Waals surface area contributed by atoms with Gasteiger partial charge in [0.2, 0.25) is 0 Å². The number of imidazole rings is 1. The summed E-state index contributed by atoms with van der Waals surface area (Å²) in [6.07, 6.45) is 5.94. The lowest BCUT2D eigenvalue weighted by atomic mass is 9.95. The van der Waals surface area contributed by atoms with Gasteiger partial charge in [-0.1, -0.05) is 0 Å².